The van der Waals surface area contributed by atoms with Gasteiger partial charge in [0, 0.05) is 17.6 Å². The van der Waals surface area contributed by atoms with Crippen LogP contribution in [0.25, 0.3) is 11.5 Å². The minimum Gasteiger partial charge on any atom is -0.478 e. The Labute approximate surface area is 203 Å². The van der Waals surface area contributed by atoms with E-state index in [0.29, 0.717) is 24.1 Å². The van der Waals surface area contributed by atoms with Crippen molar-refractivity contribution < 1.29 is 28.5 Å². The van der Waals surface area contributed by atoms with Gasteiger partial charge in [-0.25, -0.2) is 14.6 Å². The maximum Gasteiger partial charge on any atom is 0.377 e. The number of ketones is 1. The molecule has 2 N–H and O–H groups in total. The van der Waals surface area contributed by atoms with Crippen LogP contribution in [0.4, 0.5) is 0 Å². The normalized spacial score (nSPS) is 23.6. The molecule has 0 bridgehead atoms. The van der Waals surface area contributed by atoms with Crippen molar-refractivity contribution >= 4 is 23.9 Å². The first kappa shape index (κ1) is 23.3. The van der Waals surface area contributed by atoms with Gasteiger partial charge in [0.15, 0.2) is 0 Å². The first-order valence-corrected chi connectivity index (χ1v) is 11.8. The molecule has 1 amide bonds. The van der Waals surface area contributed by atoms with E-state index in [1.54, 1.807) is 12.3 Å². The van der Waals surface area contributed by atoms with Crippen molar-refractivity contribution in [3.8, 4) is 11.5 Å². The molecule has 1 aliphatic carbocycles. The number of carboxylic acids is 1. The van der Waals surface area contributed by atoms with Crippen LogP contribution in [0.2, 0.25) is 0 Å². The second-order valence-corrected chi connectivity index (χ2v) is 10.7. The van der Waals surface area contributed by atoms with E-state index in [0.717, 1.165) is 31.5 Å². The zero-order valence-electron chi connectivity index (χ0n) is 20.1. The van der Waals surface area contributed by atoms with E-state index in [1.807, 2.05) is 20.8 Å². The van der Waals surface area contributed by atoms with E-state index >= 15 is 0 Å². The molecule has 0 radical (unpaired) electrons. The highest BCUT2D eigenvalue weighted by Gasteiger charge is 2.61. The molecular weight excluding hydrogens is 448 g/mol. The first-order chi connectivity index (χ1) is 16.6. The predicted octanol–water partition coefficient (Wildman–Crippen LogP) is 3.78. The number of nitrogens with zero attached hydrogens (tertiary/aromatic N) is 3. The molecule has 9 nitrogen and oxygen atoms in total. The number of carbonyl (C=O) groups excluding carboxylic acids is 2. The lowest BCUT2D eigenvalue weighted by Gasteiger charge is -2.43. The van der Waals surface area contributed by atoms with Crippen molar-refractivity contribution in [1.29, 1.82) is 0 Å². The Morgan fingerprint density at radius 2 is 1.83 bits per heavy atom. The fourth-order valence-electron chi connectivity index (χ4n) is 5.69. The van der Waals surface area contributed by atoms with Gasteiger partial charge in [0.25, 0.3) is 0 Å². The maximum absolute atomic E-state index is 14.3. The van der Waals surface area contributed by atoms with Gasteiger partial charge >= 0.3 is 11.9 Å². The highest BCUT2D eigenvalue weighted by atomic mass is 16.4. The Morgan fingerprint density at radius 3 is 2.46 bits per heavy atom. The third-order valence-electron chi connectivity index (χ3n) is 7.41. The number of benzene rings is 1. The van der Waals surface area contributed by atoms with Gasteiger partial charge in [-0.05, 0) is 76.7 Å². The number of piperidine rings is 1. The van der Waals surface area contributed by atoms with Gasteiger partial charge in [-0.15, -0.1) is 0 Å². The lowest BCUT2D eigenvalue weighted by molar-refractivity contribution is -0.860. The average molecular weight is 478 g/mol. The number of Topliss-reactive ketones (excluding diaryl/α,β-unsaturated/α-hetero) is 1. The number of oxazole rings is 1. The van der Waals surface area contributed by atoms with E-state index in [1.165, 1.54) is 24.6 Å². The molecule has 1 atom stereocenters. The third kappa shape index (κ3) is 3.66. The molecule has 2 aromatic rings. The van der Waals surface area contributed by atoms with Crippen LogP contribution in [0.15, 0.2) is 51.4 Å². The fourth-order valence-corrected chi connectivity index (χ4v) is 5.69. The Morgan fingerprint density at radius 1 is 1.11 bits per heavy atom. The van der Waals surface area contributed by atoms with E-state index in [2.05, 4.69) is 10.3 Å². The van der Waals surface area contributed by atoms with E-state index in [-0.39, 0.29) is 28.2 Å². The molecule has 35 heavy (non-hydrogen) atoms. The summed E-state index contributed by atoms with van der Waals surface area (Å²) in [5.41, 5.74) is 0.757. The van der Waals surface area contributed by atoms with Crippen LogP contribution in [0, 0.1) is 5.41 Å². The van der Waals surface area contributed by atoms with Crippen LogP contribution in [0.1, 0.15) is 67.2 Å². The number of carbonyl (C=O) groups is 3. The van der Waals surface area contributed by atoms with Gasteiger partial charge < -0.3 is 14.8 Å². The second-order valence-electron chi connectivity index (χ2n) is 10.7. The van der Waals surface area contributed by atoms with Crippen LogP contribution < -0.4 is 5.32 Å². The fraction of sp³-hybridized carbons (Fsp3) is 0.423. The number of hydrogen-bond acceptors (Lipinski definition) is 7. The number of allylic oxidation sites excluding steroid dienone is 2. The molecule has 1 spiro atoms. The van der Waals surface area contributed by atoms with Gasteiger partial charge in [0.2, 0.25) is 17.4 Å². The molecule has 9 heteroatoms. The number of amides is 1. The minimum absolute atomic E-state index is 0.0590. The topological polar surface area (TPSA) is 122 Å². The van der Waals surface area contributed by atoms with Gasteiger partial charge in [0.1, 0.15) is 11.8 Å². The van der Waals surface area contributed by atoms with Crippen molar-refractivity contribution in [3.63, 3.8) is 0 Å². The largest absolute Gasteiger partial charge is 0.478 e. The Hall–Kier alpha value is -3.43. The standard InChI is InChI=1S/C26H28N4O5/c1-25(2,3)30(21-19(15-29-30)13-26(14-20(21)31)4-6-27-7-5-26)23(32)17-10-16(22-28-8-9-35-22)11-18(12-17)24(33)34/h8-12,15,27H,4-7,13-14H2,1-3H3/p+1. The summed E-state index contributed by atoms with van der Waals surface area (Å²) in [4.78, 5) is 44.0. The van der Waals surface area contributed by atoms with Crippen LogP contribution in [0.5, 0.6) is 0 Å². The van der Waals surface area contributed by atoms with Crippen LogP contribution >= 0.6 is 0 Å². The molecule has 3 heterocycles. The Bertz CT molecular complexity index is 1280. The van der Waals surface area contributed by atoms with Crippen LogP contribution in [-0.4, -0.2) is 57.2 Å². The molecule has 1 fully saturated rings. The first-order valence-electron chi connectivity index (χ1n) is 11.8. The van der Waals surface area contributed by atoms with Gasteiger partial charge in [-0.3, -0.25) is 4.79 Å². The summed E-state index contributed by atoms with van der Waals surface area (Å²) in [6.45, 7) is 7.36. The lowest BCUT2D eigenvalue weighted by atomic mass is 9.67. The number of nitrogens with one attached hydrogen (secondary N) is 1. The summed E-state index contributed by atoms with van der Waals surface area (Å²) >= 11 is 0. The molecule has 3 aliphatic rings. The van der Waals surface area contributed by atoms with E-state index in [9.17, 15) is 19.5 Å². The molecular formula is C26H29N4O5+. The number of aromatic carboxylic acids is 1. The van der Waals surface area contributed by atoms with Gasteiger partial charge in [-0.2, -0.15) is 0 Å². The number of carboxylic acid groups (broad SMARTS) is 1. The smallest absolute Gasteiger partial charge is 0.377 e. The summed E-state index contributed by atoms with van der Waals surface area (Å²) in [5.74, 6) is -1.49. The van der Waals surface area contributed by atoms with E-state index in [4.69, 9.17) is 9.52 Å². The zero-order valence-corrected chi connectivity index (χ0v) is 20.1. The summed E-state index contributed by atoms with van der Waals surface area (Å²) in [7, 11) is 0. The van der Waals surface area contributed by atoms with Crippen molar-refractivity contribution in [3.05, 3.63) is 53.1 Å². The molecule has 1 unspecified atom stereocenters. The third-order valence-corrected chi connectivity index (χ3v) is 7.41. The van der Waals surface area contributed by atoms with Crippen molar-refractivity contribution in [2.75, 3.05) is 13.1 Å². The monoisotopic (exact) mass is 477 g/mol. The quantitative estimate of drug-likeness (QED) is 0.645. The molecule has 2 aliphatic heterocycles. The highest BCUT2D eigenvalue weighted by Crippen LogP contribution is 2.50. The average Bonchev–Trinajstić information content (AvgIpc) is 3.47. The Balaban J connectivity index is 1.64. The van der Waals surface area contributed by atoms with Gasteiger partial charge in [0.05, 0.1) is 23.5 Å². The maximum atomic E-state index is 14.3. The van der Waals surface area contributed by atoms with Crippen molar-refractivity contribution in [2.45, 2.75) is 52.0 Å². The number of aromatic nitrogens is 1. The minimum atomic E-state index is -1.18. The molecule has 1 aromatic carbocycles. The molecule has 5 rings (SSSR count). The molecule has 0 saturated carbocycles. The van der Waals surface area contributed by atoms with Crippen molar-refractivity contribution in [2.24, 2.45) is 10.5 Å². The number of rotatable bonds is 3. The highest BCUT2D eigenvalue weighted by molar-refractivity contribution is 6.06. The second kappa shape index (κ2) is 8.07. The van der Waals surface area contributed by atoms with Crippen molar-refractivity contribution in [1.82, 2.24) is 10.3 Å². The SMILES string of the molecule is CC(C)(C)[N+]1(C(=O)c2cc(C(=O)O)cc(-c3ncco3)c2)N=CC2=C1C(=O)CC1(CCNCC1)C2. The van der Waals surface area contributed by atoms with Gasteiger partial charge in [-0.1, -0.05) is 9.69 Å². The van der Waals surface area contributed by atoms with Crippen LogP contribution in [0.3, 0.4) is 0 Å². The molecule has 1 aromatic heterocycles. The molecule has 1 saturated heterocycles. The van der Waals surface area contributed by atoms with E-state index < -0.39 is 22.0 Å². The summed E-state index contributed by atoms with van der Waals surface area (Å²) in [6.07, 6.45) is 7.44. The summed E-state index contributed by atoms with van der Waals surface area (Å²) in [5, 5.41) is 17.8. The Kier molecular flexibility index (Phi) is 5.37. The summed E-state index contributed by atoms with van der Waals surface area (Å²) in [6, 6.07) is 4.30. The summed E-state index contributed by atoms with van der Waals surface area (Å²) < 4.78 is 4.83. The lowest BCUT2D eigenvalue weighted by Crippen LogP contribution is -2.60. The van der Waals surface area contributed by atoms with Crippen LogP contribution in [-0.2, 0) is 4.79 Å². The number of quaternary nitrogens is 1. The zero-order chi connectivity index (χ0) is 25.0. The number of hydrogen-bond donors (Lipinski definition) is 2. The predicted molar refractivity (Wildman–Crippen MR) is 128 cm³/mol. The molecule has 182 valence electrons.